The minimum absolute atomic E-state index is 0. The van der Waals surface area contributed by atoms with Crippen molar-refractivity contribution in [3.05, 3.63) is 154 Å². The van der Waals surface area contributed by atoms with Gasteiger partial charge in [0.2, 0.25) is 11.9 Å². The predicted octanol–water partition coefficient (Wildman–Crippen LogP) is 1.44. The van der Waals surface area contributed by atoms with E-state index in [1.165, 1.54) is 40.1 Å². The second-order valence-corrected chi connectivity index (χ2v) is 16.4. The number of anilines is 2. The van der Waals surface area contributed by atoms with Gasteiger partial charge in [0.15, 0.2) is 23.3 Å². The number of aromatic amines is 2. The lowest BCUT2D eigenvalue weighted by Gasteiger charge is -2.35. The van der Waals surface area contributed by atoms with Crippen LogP contribution in [0.25, 0.3) is 11.6 Å². The zero-order valence-corrected chi connectivity index (χ0v) is 42.1. The molecule has 10 heterocycles. The molecule has 8 aromatic rings. The van der Waals surface area contributed by atoms with Crippen molar-refractivity contribution in [1.82, 2.24) is 80.1 Å². The number of aryl methyl sites for hydroxylation is 4. The largest absolute Gasteiger partial charge is 1.00 e. The van der Waals surface area contributed by atoms with Gasteiger partial charge in [-0.1, -0.05) is 0 Å². The number of carboxylic acids is 1. The van der Waals surface area contributed by atoms with Crippen molar-refractivity contribution in [2.45, 2.75) is 40.5 Å². The number of carbonyl (C=O) groups excluding carboxylic acids is 1. The molecule has 10 rings (SSSR count). The van der Waals surface area contributed by atoms with Gasteiger partial charge in [0.05, 0.1) is 58.7 Å². The van der Waals surface area contributed by atoms with Gasteiger partial charge < -0.3 is 49.1 Å². The van der Waals surface area contributed by atoms with Gasteiger partial charge in [-0.3, -0.25) is 15.0 Å². The standard InChI is InChI=1S/C23H24FN9O.C14H20N6.C9H6FN3O2.ClH.HI/c1-15-9-19(11-20-10-16(2)29-30-20)28-23(27-15)32-7-5-31(6-8-32)22(34)17-3-4-21(25-12-17)33-14-18(24)13-26-33;1-10-7-12(9-13-8-11(2)18-19-13)17-14(16-10)20-5-3-15-4-6-20;10-7-4-12-13(5-7)8-2-1-6(3-11-8)9(14)15;;/h3-4,9-10,12-14H,5-8,11H2,1-2H3,(H,29,30);7-8,15H,3-6,9H2,1-2H3,(H,18,19);1-5H,(H,14,15);2*1H/p-1. The van der Waals surface area contributed by atoms with Crippen molar-refractivity contribution in [3.8, 4) is 11.6 Å². The van der Waals surface area contributed by atoms with E-state index in [-0.39, 0.29) is 47.9 Å². The molecular formula is C46H51ClF2IN18O3-. The van der Waals surface area contributed by atoms with Crippen LogP contribution in [0, 0.1) is 39.3 Å². The highest BCUT2D eigenvalue weighted by molar-refractivity contribution is 5.94. The van der Waals surface area contributed by atoms with E-state index in [9.17, 15) is 18.4 Å². The summed E-state index contributed by atoms with van der Waals surface area (Å²) in [6, 6.07) is 14.2. The summed E-state index contributed by atoms with van der Waals surface area (Å²) in [6.45, 7) is 14.2. The fraction of sp³-hybridized carbons (Fsp3) is 0.304. The summed E-state index contributed by atoms with van der Waals surface area (Å²) in [5.41, 5.74) is 8.45. The topological polar surface area (TPSA) is 246 Å². The molecule has 21 nitrogen and oxygen atoms in total. The maximum Gasteiger partial charge on any atom is 0.337 e. The lowest BCUT2D eigenvalue weighted by Crippen LogP contribution is -3.00. The summed E-state index contributed by atoms with van der Waals surface area (Å²) >= 11 is 0. The highest BCUT2D eigenvalue weighted by atomic mass is 127. The lowest BCUT2D eigenvalue weighted by atomic mass is 10.2. The Hall–Kier alpha value is -7.32. The third kappa shape index (κ3) is 14.4. The SMILES string of the molecule is Cc1cc(Cc2cc(C)[nH]n2)nc(N2CCN(C(=O)c3ccc(-n4cc(F)cn4)nc3)CC2)n1.Cc1cc(Cc2cc(C)[nH]n2)nc(N2CCNCC2)n1.Cl.O=C(O)c1ccc(-n2cc(F)cn2)nc1.[I-]. The summed E-state index contributed by atoms with van der Waals surface area (Å²) in [5, 5.41) is 34.0. The average Bonchev–Trinajstić information content (AvgIpc) is 4.18. The van der Waals surface area contributed by atoms with Crippen LogP contribution in [-0.2, 0) is 12.8 Å². The van der Waals surface area contributed by atoms with E-state index >= 15 is 0 Å². The summed E-state index contributed by atoms with van der Waals surface area (Å²) in [6.07, 6.45) is 8.61. The van der Waals surface area contributed by atoms with Crippen molar-refractivity contribution in [2.24, 2.45) is 0 Å². The number of nitrogens with one attached hydrogen (secondary N) is 3. The molecule has 8 aromatic heterocycles. The fourth-order valence-corrected chi connectivity index (χ4v) is 7.50. The van der Waals surface area contributed by atoms with Crippen LogP contribution in [0.5, 0.6) is 0 Å². The number of pyridine rings is 2. The Morgan fingerprint density at radius 2 is 1.07 bits per heavy atom. The molecule has 2 fully saturated rings. The lowest BCUT2D eigenvalue weighted by molar-refractivity contribution is -0.0000411. The molecule has 0 bridgehead atoms. The molecule has 0 spiro atoms. The van der Waals surface area contributed by atoms with E-state index in [0.717, 1.165) is 103 Å². The Balaban J connectivity index is 0.000000189. The van der Waals surface area contributed by atoms with E-state index in [4.69, 9.17) is 15.1 Å². The van der Waals surface area contributed by atoms with E-state index in [1.807, 2.05) is 45.9 Å². The monoisotopic (exact) mass is 1100 g/mol. The van der Waals surface area contributed by atoms with Gasteiger partial charge in [-0.25, -0.2) is 52.8 Å². The van der Waals surface area contributed by atoms with E-state index in [1.54, 1.807) is 17.0 Å². The smallest absolute Gasteiger partial charge is 0.337 e. The van der Waals surface area contributed by atoms with Crippen LogP contribution in [0.2, 0.25) is 0 Å². The zero-order valence-electron chi connectivity index (χ0n) is 39.2. The second kappa shape index (κ2) is 24.5. The molecule has 25 heteroatoms. The molecule has 2 saturated heterocycles. The van der Waals surface area contributed by atoms with E-state index in [0.29, 0.717) is 55.7 Å². The van der Waals surface area contributed by atoms with Gasteiger partial charge in [-0.05, 0) is 76.2 Å². The first-order valence-corrected chi connectivity index (χ1v) is 22.1. The number of carboxylic acid groups (broad SMARTS) is 1. The third-order valence-corrected chi connectivity index (χ3v) is 10.8. The maximum absolute atomic E-state index is 13.2. The van der Waals surface area contributed by atoms with Crippen molar-refractivity contribution in [1.29, 1.82) is 0 Å². The highest BCUT2D eigenvalue weighted by Crippen LogP contribution is 2.18. The number of hydrogen-bond acceptors (Lipinski definition) is 15. The zero-order chi connectivity index (χ0) is 48.4. The number of aromatic carboxylic acids is 1. The first-order valence-electron chi connectivity index (χ1n) is 22.1. The van der Waals surface area contributed by atoms with Gasteiger partial charge in [-0.2, -0.15) is 20.4 Å². The van der Waals surface area contributed by atoms with Crippen LogP contribution in [-0.4, -0.2) is 144 Å². The number of carbonyl (C=O) groups is 2. The Labute approximate surface area is 430 Å². The number of rotatable bonds is 10. The molecule has 0 saturated carbocycles. The second-order valence-electron chi connectivity index (χ2n) is 16.4. The van der Waals surface area contributed by atoms with Crippen molar-refractivity contribution >= 4 is 36.2 Å². The molecule has 0 atom stereocenters. The number of piperazine rings is 2. The van der Waals surface area contributed by atoms with Crippen molar-refractivity contribution < 1.29 is 47.5 Å². The van der Waals surface area contributed by atoms with Crippen LogP contribution in [0.15, 0.2) is 85.7 Å². The van der Waals surface area contributed by atoms with E-state index < -0.39 is 17.6 Å². The summed E-state index contributed by atoms with van der Waals surface area (Å²) in [5.74, 6) is 0.262. The predicted molar refractivity (Wildman–Crippen MR) is 256 cm³/mol. The molecule has 4 N–H and O–H groups in total. The van der Waals surface area contributed by atoms with Crippen LogP contribution >= 0.6 is 12.4 Å². The number of hydrogen-bond donors (Lipinski definition) is 4. The first kappa shape index (κ1) is 53.0. The molecule has 0 aromatic carbocycles. The minimum Gasteiger partial charge on any atom is -1.00 e. The van der Waals surface area contributed by atoms with E-state index in [2.05, 4.69) is 71.7 Å². The van der Waals surface area contributed by atoms with Gasteiger partial charge in [0.1, 0.15) is 0 Å². The number of aromatic nitrogens is 14. The molecule has 0 radical (unpaired) electrons. The van der Waals surface area contributed by atoms with Gasteiger partial charge in [-0.15, -0.1) is 12.4 Å². The normalized spacial score (nSPS) is 13.2. The van der Waals surface area contributed by atoms with Gasteiger partial charge in [0.25, 0.3) is 5.91 Å². The van der Waals surface area contributed by atoms with Gasteiger partial charge in [0, 0.05) is 100 Å². The Morgan fingerprint density at radius 3 is 1.46 bits per heavy atom. The number of nitrogens with zero attached hydrogens (tertiary/aromatic N) is 15. The molecule has 372 valence electrons. The van der Waals surface area contributed by atoms with Crippen LogP contribution < -0.4 is 39.1 Å². The Morgan fingerprint density at radius 1 is 0.606 bits per heavy atom. The molecule has 1 amide bonds. The molecule has 0 aliphatic carbocycles. The highest BCUT2D eigenvalue weighted by Gasteiger charge is 2.25. The maximum atomic E-state index is 13.2. The molecular weight excluding hydrogens is 1050 g/mol. The molecule has 2 aliphatic rings. The Kier molecular flexibility index (Phi) is 18.3. The minimum atomic E-state index is -1.05. The quantitative estimate of drug-likeness (QED) is 0.142. The summed E-state index contributed by atoms with van der Waals surface area (Å²) in [4.78, 5) is 56.3. The summed E-state index contributed by atoms with van der Waals surface area (Å²) < 4.78 is 28.3. The number of halogens is 4. The average molecular weight is 1100 g/mol. The molecule has 2 aliphatic heterocycles. The van der Waals surface area contributed by atoms with Crippen LogP contribution in [0.4, 0.5) is 20.7 Å². The number of amides is 1. The first-order chi connectivity index (χ1) is 33.3. The number of H-pyrrole nitrogens is 2. The van der Waals surface area contributed by atoms with Gasteiger partial charge >= 0.3 is 5.97 Å². The van der Waals surface area contributed by atoms with Crippen LogP contribution in [0.1, 0.15) is 66.3 Å². The Bertz CT molecular complexity index is 3000. The molecule has 0 unspecified atom stereocenters. The third-order valence-electron chi connectivity index (χ3n) is 10.8. The van der Waals surface area contributed by atoms with Crippen LogP contribution in [0.3, 0.4) is 0 Å². The fourth-order valence-electron chi connectivity index (χ4n) is 7.50. The van der Waals surface area contributed by atoms with Crippen molar-refractivity contribution in [3.63, 3.8) is 0 Å². The molecule has 71 heavy (non-hydrogen) atoms. The summed E-state index contributed by atoms with van der Waals surface area (Å²) in [7, 11) is 0. The van der Waals surface area contributed by atoms with Crippen molar-refractivity contribution in [2.75, 3.05) is 62.2 Å².